The number of fused-ring (bicyclic) bond motifs is 3. The van der Waals surface area contributed by atoms with E-state index in [1.54, 1.807) is 4.90 Å². The van der Waals surface area contributed by atoms with Crippen LogP contribution in [0.3, 0.4) is 0 Å². The molecule has 9 nitrogen and oxygen atoms in total. The Hall–Kier alpha value is -2.95. The molecule has 0 saturated carbocycles. The van der Waals surface area contributed by atoms with Gasteiger partial charge < -0.3 is 30.3 Å². The van der Waals surface area contributed by atoms with E-state index >= 15 is 4.39 Å². The number of phenolic OH excluding ortho intramolecular Hbond substituents is 1. The highest BCUT2D eigenvalue weighted by atomic mass is 35.5. The third-order valence-corrected chi connectivity index (χ3v) is 8.29. The minimum Gasteiger partial charge on any atom is -0.507 e. The molecule has 5 heterocycles. The molecule has 4 aliphatic rings. The van der Waals surface area contributed by atoms with Crippen molar-refractivity contribution in [1.82, 2.24) is 25.4 Å². The number of halogens is 2. The van der Waals surface area contributed by atoms with Crippen LogP contribution in [0.15, 0.2) is 18.2 Å². The van der Waals surface area contributed by atoms with Crippen LogP contribution in [0.25, 0.3) is 11.3 Å². The van der Waals surface area contributed by atoms with E-state index in [1.165, 1.54) is 18.2 Å². The van der Waals surface area contributed by atoms with Crippen molar-refractivity contribution in [1.29, 1.82) is 0 Å². The number of carbonyl (C=O) groups excluding carboxylic acids is 2. The van der Waals surface area contributed by atoms with Gasteiger partial charge in [0.15, 0.2) is 5.75 Å². The van der Waals surface area contributed by atoms with E-state index in [0.717, 1.165) is 0 Å². The first-order chi connectivity index (χ1) is 17.3. The number of ether oxygens (including phenoxy) is 1. The molecule has 11 heteroatoms. The van der Waals surface area contributed by atoms with Gasteiger partial charge in [-0.1, -0.05) is 17.7 Å². The summed E-state index contributed by atoms with van der Waals surface area (Å²) in [5.41, 5.74) is -0.235. The second-order valence-electron chi connectivity index (χ2n) is 9.95. The van der Waals surface area contributed by atoms with Crippen molar-refractivity contribution in [2.75, 3.05) is 39.3 Å². The maximum atomic E-state index is 15.0. The lowest BCUT2D eigenvalue weighted by atomic mass is 9.83. The average molecular weight is 516 g/mol. The Bertz CT molecular complexity index is 1260. The molecule has 1 aromatic carbocycles. The first kappa shape index (κ1) is 23.4. The van der Waals surface area contributed by atoms with Gasteiger partial charge in [-0.15, -0.1) is 0 Å². The van der Waals surface area contributed by atoms with Crippen molar-refractivity contribution < 1.29 is 23.8 Å². The van der Waals surface area contributed by atoms with Crippen LogP contribution in [0, 0.1) is 5.82 Å². The second-order valence-corrected chi connectivity index (χ2v) is 10.3. The number of pyridine rings is 1. The number of hydrogen-bond donors (Lipinski definition) is 3. The fourth-order valence-electron chi connectivity index (χ4n) is 6.05. The van der Waals surface area contributed by atoms with Crippen molar-refractivity contribution in [2.24, 2.45) is 0 Å². The summed E-state index contributed by atoms with van der Waals surface area (Å²) >= 11 is 6.78. The fraction of sp³-hybridized carbons (Fsp3) is 0.480. The van der Waals surface area contributed by atoms with E-state index in [1.807, 2.05) is 11.8 Å². The standard InChI is InChI=1S/C25H27ClFN5O4/c1-25-6-5-16(34)32(25)10-8-29-23(25)21-18-22(36-12-13-11-28-7-9-31(13)24(18)35)19(26)20(30-21)17-14(27)3-2-4-15(17)33/h2-4,13,23,28-29,33H,5-12H2,1H3/t13-,23?,25?/m1/s1. The van der Waals surface area contributed by atoms with Crippen LogP contribution in [0.1, 0.15) is 41.9 Å². The maximum Gasteiger partial charge on any atom is 0.260 e. The molecule has 3 saturated heterocycles. The number of rotatable bonds is 2. The molecule has 4 aliphatic heterocycles. The third kappa shape index (κ3) is 3.38. The van der Waals surface area contributed by atoms with Crippen molar-refractivity contribution in [2.45, 2.75) is 37.4 Å². The van der Waals surface area contributed by atoms with E-state index in [9.17, 15) is 14.7 Å². The molecule has 0 aliphatic carbocycles. The molecule has 0 bridgehead atoms. The quantitative estimate of drug-likeness (QED) is 0.562. The molecule has 3 atom stereocenters. The summed E-state index contributed by atoms with van der Waals surface area (Å²) < 4.78 is 21.2. The zero-order chi connectivity index (χ0) is 25.2. The number of phenols is 1. The number of nitrogens with zero attached hydrogens (tertiary/aromatic N) is 3. The Morgan fingerprint density at radius 2 is 2.08 bits per heavy atom. The van der Waals surface area contributed by atoms with E-state index in [2.05, 4.69) is 10.6 Å². The van der Waals surface area contributed by atoms with Crippen LogP contribution in [-0.4, -0.2) is 82.6 Å². The summed E-state index contributed by atoms with van der Waals surface area (Å²) in [5.74, 6) is -1.09. The number of hydrogen-bond acceptors (Lipinski definition) is 7. The Labute approximate surface area is 212 Å². The molecule has 6 rings (SSSR count). The Morgan fingerprint density at radius 3 is 2.89 bits per heavy atom. The third-order valence-electron chi connectivity index (χ3n) is 7.94. The monoisotopic (exact) mass is 515 g/mol. The molecule has 1 aromatic heterocycles. The summed E-state index contributed by atoms with van der Waals surface area (Å²) in [6.07, 6.45) is 0.976. The summed E-state index contributed by atoms with van der Waals surface area (Å²) in [7, 11) is 0. The highest BCUT2D eigenvalue weighted by Gasteiger charge is 2.52. The van der Waals surface area contributed by atoms with E-state index in [0.29, 0.717) is 51.3 Å². The zero-order valence-electron chi connectivity index (χ0n) is 19.8. The van der Waals surface area contributed by atoms with Gasteiger partial charge in [0.25, 0.3) is 5.91 Å². The first-order valence-electron chi connectivity index (χ1n) is 12.2. The smallest absolute Gasteiger partial charge is 0.260 e. The van der Waals surface area contributed by atoms with Crippen molar-refractivity contribution in [3.05, 3.63) is 40.3 Å². The van der Waals surface area contributed by atoms with Gasteiger partial charge in [-0.25, -0.2) is 9.37 Å². The summed E-state index contributed by atoms with van der Waals surface area (Å²) in [4.78, 5) is 35.1. The average Bonchev–Trinajstić information content (AvgIpc) is 3.08. The van der Waals surface area contributed by atoms with Crippen LogP contribution in [0.5, 0.6) is 11.5 Å². The maximum absolute atomic E-state index is 15.0. The molecule has 0 spiro atoms. The van der Waals surface area contributed by atoms with E-state index < -0.39 is 17.4 Å². The lowest BCUT2D eigenvalue weighted by Crippen LogP contribution is -2.59. The number of aromatic nitrogens is 1. The van der Waals surface area contributed by atoms with Gasteiger partial charge in [0.05, 0.1) is 34.6 Å². The van der Waals surface area contributed by atoms with Gasteiger partial charge in [-0.05, 0) is 25.5 Å². The molecule has 2 aromatic rings. The van der Waals surface area contributed by atoms with Gasteiger partial charge in [0.1, 0.15) is 28.8 Å². The molecular weight excluding hydrogens is 489 g/mol. The van der Waals surface area contributed by atoms with Crippen LogP contribution in [0.2, 0.25) is 5.02 Å². The zero-order valence-corrected chi connectivity index (χ0v) is 20.6. The first-order valence-corrected chi connectivity index (χ1v) is 12.6. The SMILES string of the molecule is CC12CCC(=O)N1CCNC2c1nc(-c2c(O)cccc2F)c(Cl)c2c1C(=O)N1CCNC[C@@H]1CO2. The highest BCUT2D eigenvalue weighted by molar-refractivity contribution is 6.35. The number of carbonyl (C=O) groups is 2. The lowest BCUT2D eigenvalue weighted by molar-refractivity contribution is -0.133. The Kier molecular flexibility index (Phi) is 5.58. The minimum absolute atomic E-state index is 0.00124. The van der Waals surface area contributed by atoms with Crippen LogP contribution in [-0.2, 0) is 4.79 Å². The topological polar surface area (TPSA) is 107 Å². The fourth-order valence-corrected chi connectivity index (χ4v) is 6.34. The normalized spacial score (nSPS) is 27.8. The van der Waals surface area contributed by atoms with Gasteiger partial charge in [-0.2, -0.15) is 0 Å². The van der Waals surface area contributed by atoms with E-state index in [-0.39, 0.29) is 57.8 Å². The number of benzene rings is 1. The largest absolute Gasteiger partial charge is 0.507 e. The van der Waals surface area contributed by atoms with E-state index in [4.69, 9.17) is 21.3 Å². The molecule has 3 N–H and O–H groups in total. The Morgan fingerprint density at radius 1 is 1.25 bits per heavy atom. The minimum atomic E-state index is -0.697. The predicted octanol–water partition coefficient (Wildman–Crippen LogP) is 2.08. The molecule has 36 heavy (non-hydrogen) atoms. The highest BCUT2D eigenvalue weighted by Crippen LogP contribution is 2.49. The number of aromatic hydroxyl groups is 1. The summed E-state index contributed by atoms with van der Waals surface area (Å²) in [6, 6.07) is 3.24. The summed E-state index contributed by atoms with van der Waals surface area (Å²) in [5, 5.41) is 17.3. The van der Waals surface area contributed by atoms with Crippen molar-refractivity contribution >= 4 is 23.4 Å². The number of amides is 2. The lowest BCUT2D eigenvalue weighted by Gasteiger charge is -2.46. The molecular formula is C25H27ClFN5O4. The Balaban J connectivity index is 1.61. The number of nitrogens with one attached hydrogen (secondary N) is 2. The molecule has 0 radical (unpaired) electrons. The second kappa shape index (κ2) is 8.57. The molecule has 190 valence electrons. The van der Waals surface area contributed by atoms with Gasteiger partial charge in [0, 0.05) is 39.1 Å². The number of piperazine rings is 2. The van der Waals surface area contributed by atoms with Gasteiger partial charge in [0.2, 0.25) is 5.91 Å². The summed E-state index contributed by atoms with van der Waals surface area (Å²) in [6.45, 7) is 4.97. The van der Waals surface area contributed by atoms with Crippen molar-refractivity contribution in [3.8, 4) is 22.8 Å². The predicted molar refractivity (Wildman–Crippen MR) is 130 cm³/mol. The molecule has 2 amide bonds. The van der Waals surface area contributed by atoms with Crippen LogP contribution in [0.4, 0.5) is 4.39 Å². The van der Waals surface area contributed by atoms with Crippen LogP contribution >= 0.6 is 11.6 Å². The molecule has 2 unspecified atom stereocenters. The van der Waals surface area contributed by atoms with Crippen molar-refractivity contribution in [3.63, 3.8) is 0 Å². The van der Waals surface area contributed by atoms with Gasteiger partial charge >= 0.3 is 0 Å². The molecule has 3 fully saturated rings. The van der Waals surface area contributed by atoms with Gasteiger partial charge in [-0.3, -0.25) is 9.59 Å². The van der Waals surface area contributed by atoms with Crippen LogP contribution < -0.4 is 15.4 Å².